The number of amides is 2. The molecule has 2 saturated heterocycles. The Labute approximate surface area is 174 Å². The number of methoxy groups -OCH3 is 1. The van der Waals surface area contributed by atoms with E-state index in [1.807, 2.05) is 28.0 Å². The number of benzene rings is 1. The van der Waals surface area contributed by atoms with Gasteiger partial charge >= 0.3 is 0 Å². The molecule has 1 N–H and O–H groups in total. The monoisotopic (exact) mass is 409 g/mol. The minimum absolute atomic E-state index is 0. The second kappa shape index (κ2) is 10.7. The highest BCUT2D eigenvalue weighted by atomic mass is 35.5. The van der Waals surface area contributed by atoms with Crippen molar-refractivity contribution in [3.05, 3.63) is 29.8 Å². The van der Waals surface area contributed by atoms with Gasteiger partial charge in [-0.25, -0.2) is 0 Å². The fourth-order valence-corrected chi connectivity index (χ4v) is 4.08. The van der Waals surface area contributed by atoms with E-state index in [1.54, 1.807) is 13.2 Å². The second-order valence-corrected chi connectivity index (χ2v) is 7.67. The maximum atomic E-state index is 12.7. The molecular formula is C21H32ClN3O3. The third-order valence-corrected chi connectivity index (χ3v) is 5.92. The van der Waals surface area contributed by atoms with Crippen molar-refractivity contribution in [1.82, 2.24) is 15.1 Å². The number of ether oxygens (including phenoxy) is 1. The number of nitrogens with zero attached hydrogens (tertiary/aromatic N) is 2. The number of halogens is 1. The van der Waals surface area contributed by atoms with Crippen molar-refractivity contribution >= 4 is 24.2 Å². The standard InChI is InChI=1S/C21H31N3O3.ClH/c1-16(17-6-8-22-9-7-17)14-20(25)23-10-12-24(13-11-23)21(26)18-4-3-5-19(15-18)27-2;/h3-5,15-17,22H,6-14H2,1-2H3;1H. The fourth-order valence-electron chi connectivity index (χ4n) is 4.08. The third kappa shape index (κ3) is 5.61. The summed E-state index contributed by atoms with van der Waals surface area (Å²) in [4.78, 5) is 29.1. The molecule has 1 unspecified atom stereocenters. The highest BCUT2D eigenvalue weighted by Crippen LogP contribution is 2.25. The number of rotatable bonds is 5. The van der Waals surface area contributed by atoms with Crippen LogP contribution in [0, 0.1) is 11.8 Å². The molecule has 1 aromatic carbocycles. The van der Waals surface area contributed by atoms with Gasteiger partial charge in [0.05, 0.1) is 7.11 Å². The first-order valence-electron chi connectivity index (χ1n) is 10.0. The molecule has 1 atom stereocenters. The first-order chi connectivity index (χ1) is 13.1. The zero-order valence-corrected chi connectivity index (χ0v) is 17.7. The van der Waals surface area contributed by atoms with Crippen molar-refractivity contribution in [3.8, 4) is 5.75 Å². The number of carbonyl (C=O) groups excluding carboxylic acids is 2. The Bertz CT molecular complexity index is 656. The maximum absolute atomic E-state index is 12.7. The van der Waals surface area contributed by atoms with E-state index in [1.165, 1.54) is 0 Å². The minimum Gasteiger partial charge on any atom is -0.497 e. The van der Waals surface area contributed by atoms with Crippen LogP contribution in [0.1, 0.15) is 36.5 Å². The van der Waals surface area contributed by atoms with Gasteiger partial charge in [-0.1, -0.05) is 13.0 Å². The van der Waals surface area contributed by atoms with Gasteiger partial charge in [0.1, 0.15) is 5.75 Å². The van der Waals surface area contributed by atoms with E-state index in [4.69, 9.17) is 4.74 Å². The molecule has 7 heteroatoms. The quantitative estimate of drug-likeness (QED) is 0.811. The summed E-state index contributed by atoms with van der Waals surface area (Å²) < 4.78 is 5.20. The summed E-state index contributed by atoms with van der Waals surface area (Å²) in [5.74, 6) is 1.99. The van der Waals surface area contributed by atoms with Crippen LogP contribution in [-0.2, 0) is 4.79 Å². The molecule has 2 aliphatic rings. The van der Waals surface area contributed by atoms with Gasteiger partial charge in [0.25, 0.3) is 5.91 Å². The smallest absolute Gasteiger partial charge is 0.254 e. The molecule has 0 spiro atoms. The lowest BCUT2D eigenvalue weighted by molar-refractivity contribution is -0.134. The summed E-state index contributed by atoms with van der Waals surface area (Å²) >= 11 is 0. The normalized spacial score (nSPS) is 18.9. The van der Waals surface area contributed by atoms with Gasteiger partial charge in [-0.15, -0.1) is 12.4 Å². The number of nitrogens with one attached hydrogen (secondary N) is 1. The molecule has 2 heterocycles. The predicted molar refractivity (Wildman–Crippen MR) is 112 cm³/mol. The average molecular weight is 410 g/mol. The zero-order valence-electron chi connectivity index (χ0n) is 16.9. The number of hydrogen-bond acceptors (Lipinski definition) is 4. The average Bonchev–Trinajstić information content (AvgIpc) is 2.74. The van der Waals surface area contributed by atoms with Gasteiger partial charge in [0.2, 0.25) is 5.91 Å². The lowest BCUT2D eigenvalue weighted by atomic mass is 9.84. The Balaban J connectivity index is 0.00000280. The molecule has 0 aliphatic carbocycles. The second-order valence-electron chi connectivity index (χ2n) is 7.67. The number of carbonyl (C=O) groups is 2. The minimum atomic E-state index is 0. The Morgan fingerprint density at radius 3 is 2.43 bits per heavy atom. The van der Waals surface area contributed by atoms with Crippen molar-refractivity contribution in [2.24, 2.45) is 11.8 Å². The van der Waals surface area contributed by atoms with Gasteiger partial charge in [0, 0.05) is 38.2 Å². The van der Waals surface area contributed by atoms with Crippen molar-refractivity contribution in [3.63, 3.8) is 0 Å². The number of piperazine rings is 1. The summed E-state index contributed by atoms with van der Waals surface area (Å²) in [5.41, 5.74) is 0.633. The van der Waals surface area contributed by atoms with Gasteiger partial charge in [0.15, 0.2) is 0 Å². The van der Waals surface area contributed by atoms with E-state index in [9.17, 15) is 9.59 Å². The predicted octanol–water partition coefficient (Wildman–Crippen LogP) is 2.43. The molecule has 28 heavy (non-hydrogen) atoms. The lowest BCUT2D eigenvalue weighted by Gasteiger charge is -2.36. The Hall–Kier alpha value is -1.79. The molecule has 6 nitrogen and oxygen atoms in total. The first kappa shape index (κ1) is 22.5. The van der Waals surface area contributed by atoms with Gasteiger partial charge in [-0.05, 0) is 56.0 Å². The van der Waals surface area contributed by atoms with Crippen LogP contribution in [0.3, 0.4) is 0 Å². The number of piperidine rings is 1. The van der Waals surface area contributed by atoms with E-state index in [2.05, 4.69) is 12.2 Å². The van der Waals surface area contributed by atoms with E-state index >= 15 is 0 Å². The van der Waals surface area contributed by atoms with Crippen LogP contribution >= 0.6 is 12.4 Å². The Morgan fingerprint density at radius 1 is 1.14 bits per heavy atom. The molecule has 3 rings (SSSR count). The summed E-state index contributed by atoms with van der Waals surface area (Å²) in [7, 11) is 1.60. The molecule has 0 bridgehead atoms. The molecule has 1 aromatic rings. The van der Waals surface area contributed by atoms with E-state index in [-0.39, 0.29) is 24.2 Å². The van der Waals surface area contributed by atoms with Crippen LogP contribution in [-0.4, -0.2) is 68.0 Å². The molecule has 0 saturated carbocycles. The van der Waals surface area contributed by atoms with Crippen molar-refractivity contribution < 1.29 is 14.3 Å². The maximum Gasteiger partial charge on any atom is 0.254 e. The van der Waals surface area contributed by atoms with Crippen LogP contribution in [0.5, 0.6) is 5.75 Å². The van der Waals surface area contributed by atoms with E-state index in [0.29, 0.717) is 55.7 Å². The van der Waals surface area contributed by atoms with Crippen LogP contribution in [0.25, 0.3) is 0 Å². The topological polar surface area (TPSA) is 61.9 Å². The largest absolute Gasteiger partial charge is 0.497 e. The van der Waals surface area contributed by atoms with Gasteiger partial charge < -0.3 is 19.9 Å². The van der Waals surface area contributed by atoms with Crippen LogP contribution in [0.2, 0.25) is 0 Å². The van der Waals surface area contributed by atoms with Crippen molar-refractivity contribution in [2.45, 2.75) is 26.2 Å². The highest BCUT2D eigenvalue weighted by Gasteiger charge is 2.28. The number of hydrogen-bond donors (Lipinski definition) is 1. The molecule has 2 aliphatic heterocycles. The molecule has 0 aromatic heterocycles. The molecule has 2 amide bonds. The van der Waals surface area contributed by atoms with Gasteiger partial charge in [-0.2, -0.15) is 0 Å². The zero-order chi connectivity index (χ0) is 19.2. The third-order valence-electron chi connectivity index (χ3n) is 5.92. The summed E-state index contributed by atoms with van der Waals surface area (Å²) in [5, 5.41) is 3.38. The lowest BCUT2D eigenvalue weighted by Crippen LogP contribution is -2.51. The summed E-state index contributed by atoms with van der Waals surface area (Å²) in [6.07, 6.45) is 2.95. The van der Waals surface area contributed by atoms with Crippen LogP contribution in [0.4, 0.5) is 0 Å². The summed E-state index contributed by atoms with van der Waals surface area (Å²) in [6, 6.07) is 7.23. The van der Waals surface area contributed by atoms with Crippen molar-refractivity contribution in [1.29, 1.82) is 0 Å². The van der Waals surface area contributed by atoms with Crippen LogP contribution in [0.15, 0.2) is 24.3 Å². The van der Waals surface area contributed by atoms with E-state index < -0.39 is 0 Å². The van der Waals surface area contributed by atoms with Gasteiger partial charge in [-0.3, -0.25) is 9.59 Å². The molecule has 0 radical (unpaired) electrons. The first-order valence-corrected chi connectivity index (χ1v) is 10.0. The van der Waals surface area contributed by atoms with Crippen LogP contribution < -0.4 is 10.1 Å². The molecule has 2 fully saturated rings. The van der Waals surface area contributed by atoms with E-state index in [0.717, 1.165) is 25.9 Å². The summed E-state index contributed by atoms with van der Waals surface area (Å²) in [6.45, 7) is 6.74. The Kier molecular flexibility index (Phi) is 8.58. The Morgan fingerprint density at radius 2 is 1.79 bits per heavy atom. The highest BCUT2D eigenvalue weighted by molar-refractivity contribution is 5.94. The molecule has 156 valence electrons. The SMILES string of the molecule is COc1cccc(C(=O)N2CCN(C(=O)CC(C)C3CCNCC3)CC2)c1.Cl. The van der Waals surface area contributed by atoms with Crippen molar-refractivity contribution in [2.75, 3.05) is 46.4 Å². The fraction of sp³-hybridized carbons (Fsp3) is 0.619. The molecular weight excluding hydrogens is 378 g/mol.